The zero-order valence-electron chi connectivity index (χ0n) is 11.4. The van der Waals surface area contributed by atoms with E-state index >= 15 is 0 Å². The first kappa shape index (κ1) is 12.6. The molecule has 2 aromatic rings. The van der Waals surface area contributed by atoms with E-state index < -0.39 is 0 Å². The molecule has 3 heterocycles. The molecule has 1 aliphatic heterocycles. The third-order valence-corrected chi connectivity index (χ3v) is 4.02. The van der Waals surface area contributed by atoms with Gasteiger partial charge in [0.2, 0.25) is 0 Å². The number of hydrogen-bond donors (Lipinski definition) is 1. The molecular formula is C15H21N3O. The van der Waals surface area contributed by atoms with E-state index in [0.717, 1.165) is 37.4 Å². The standard InChI is InChI=1S/C15H21N3O/c1-12-3-2-6-18-11-14(16-15(12)18)10-17-7-4-13(9-17)5-8-19/h2-3,6,11,13,19H,4-5,7-10H2,1H3. The van der Waals surface area contributed by atoms with Crippen LogP contribution in [0.5, 0.6) is 0 Å². The molecule has 19 heavy (non-hydrogen) atoms. The molecule has 1 N–H and O–H groups in total. The van der Waals surface area contributed by atoms with Crippen molar-refractivity contribution in [3.8, 4) is 0 Å². The molecule has 1 fully saturated rings. The van der Waals surface area contributed by atoms with E-state index in [1.165, 1.54) is 12.0 Å². The number of aliphatic hydroxyl groups excluding tert-OH is 1. The largest absolute Gasteiger partial charge is 0.396 e. The number of rotatable bonds is 4. The zero-order valence-corrected chi connectivity index (χ0v) is 11.4. The molecule has 1 unspecified atom stereocenters. The van der Waals surface area contributed by atoms with E-state index in [1.54, 1.807) is 0 Å². The lowest BCUT2D eigenvalue weighted by Gasteiger charge is -2.13. The van der Waals surface area contributed by atoms with Crippen LogP contribution in [-0.2, 0) is 6.54 Å². The quantitative estimate of drug-likeness (QED) is 0.911. The van der Waals surface area contributed by atoms with Gasteiger partial charge >= 0.3 is 0 Å². The monoisotopic (exact) mass is 259 g/mol. The molecule has 0 aromatic carbocycles. The highest BCUT2D eigenvalue weighted by Gasteiger charge is 2.22. The highest BCUT2D eigenvalue weighted by atomic mass is 16.3. The van der Waals surface area contributed by atoms with E-state index in [1.807, 2.05) is 0 Å². The lowest BCUT2D eigenvalue weighted by Crippen LogP contribution is -2.20. The van der Waals surface area contributed by atoms with Crippen molar-refractivity contribution >= 4 is 5.65 Å². The van der Waals surface area contributed by atoms with Gasteiger partial charge in [-0.05, 0) is 43.9 Å². The number of pyridine rings is 1. The van der Waals surface area contributed by atoms with Gasteiger partial charge in [-0.2, -0.15) is 0 Å². The minimum absolute atomic E-state index is 0.312. The first-order valence-electron chi connectivity index (χ1n) is 7.02. The van der Waals surface area contributed by atoms with Gasteiger partial charge in [0.25, 0.3) is 0 Å². The van der Waals surface area contributed by atoms with Crippen LogP contribution in [0.3, 0.4) is 0 Å². The molecule has 3 rings (SSSR count). The van der Waals surface area contributed by atoms with Gasteiger partial charge in [0.1, 0.15) is 5.65 Å². The first-order valence-corrected chi connectivity index (χ1v) is 7.02. The van der Waals surface area contributed by atoms with Crippen molar-refractivity contribution in [1.29, 1.82) is 0 Å². The molecule has 1 saturated heterocycles. The summed E-state index contributed by atoms with van der Waals surface area (Å²) in [5.41, 5.74) is 3.41. The molecule has 1 atom stereocenters. The van der Waals surface area contributed by atoms with Crippen molar-refractivity contribution in [2.24, 2.45) is 5.92 Å². The minimum Gasteiger partial charge on any atom is -0.396 e. The molecule has 4 heteroatoms. The Morgan fingerprint density at radius 3 is 3.16 bits per heavy atom. The second kappa shape index (κ2) is 5.31. The summed E-state index contributed by atoms with van der Waals surface area (Å²) in [6, 6.07) is 4.15. The molecular weight excluding hydrogens is 238 g/mol. The molecule has 0 bridgehead atoms. The lowest BCUT2D eigenvalue weighted by atomic mass is 10.1. The van der Waals surface area contributed by atoms with Crippen LogP contribution in [0.25, 0.3) is 5.65 Å². The van der Waals surface area contributed by atoms with Gasteiger partial charge in [-0.3, -0.25) is 4.90 Å². The highest BCUT2D eigenvalue weighted by Crippen LogP contribution is 2.21. The van der Waals surface area contributed by atoms with Crippen molar-refractivity contribution in [3.05, 3.63) is 35.8 Å². The third kappa shape index (κ3) is 2.65. The number of likely N-dealkylation sites (tertiary alicyclic amines) is 1. The number of aromatic nitrogens is 2. The Morgan fingerprint density at radius 2 is 2.37 bits per heavy atom. The summed E-state index contributed by atoms with van der Waals surface area (Å²) in [5, 5.41) is 8.99. The fourth-order valence-electron chi connectivity index (χ4n) is 2.98. The maximum Gasteiger partial charge on any atom is 0.139 e. The van der Waals surface area contributed by atoms with Gasteiger partial charge in [0.05, 0.1) is 5.69 Å². The van der Waals surface area contributed by atoms with Crippen molar-refractivity contribution in [2.45, 2.75) is 26.3 Å². The summed E-state index contributed by atoms with van der Waals surface area (Å²) in [5.74, 6) is 0.656. The van der Waals surface area contributed by atoms with Crippen LogP contribution in [0.15, 0.2) is 24.5 Å². The van der Waals surface area contributed by atoms with Crippen LogP contribution in [-0.4, -0.2) is 39.1 Å². The van der Waals surface area contributed by atoms with Crippen LogP contribution in [0, 0.1) is 12.8 Å². The summed E-state index contributed by atoms with van der Waals surface area (Å²) in [6.45, 7) is 5.54. The van der Waals surface area contributed by atoms with Crippen LogP contribution in [0.1, 0.15) is 24.1 Å². The smallest absolute Gasteiger partial charge is 0.139 e. The molecule has 0 amide bonds. The fourth-order valence-corrected chi connectivity index (χ4v) is 2.98. The molecule has 0 spiro atoms. The highest BCUT2D eigenvalue weighted by molar-refractivity contribution is 5.47. The SMILES string of the molecule is Cc1cccn2cc(CN3CCC(CCO)C3)nc12. The summed E-state index contributed by atoms with van der Waals surface area (Å²) in [6.07, 6.45) is 6.31. The summed E-state index contributed by atoms with van der Waals surface area (Å²) in [7, 11) is 0. The topological polar surface area (TPSA) is 40.8 Å². The number of imidazole rings is 1. The maximum absolute atomic E-state index is 8.99. The normalized spacial score (nSPS) is 20.4. The predicted octanol–water partition coefficient (Wildman–Crippen LogP) is 1.85. The Kier molecular flexibility index (Phi) is 3.53. The van der Waals surface area contributed by atoms with Gasteiger partial charge in [-0.25, -0.2) is 4.98 Å². The number of nitrogens with zero attached hydrogens (tertiary/aromatic N) is 3. The third-order valence-electron chi connectivity index (χ3n) is 4.02. The number of aryl methyl sites for hydroxylation is 1. The second-order valence-electron chi connectivity index (χ2n) is 5.56. The average Bonchev–Trinajstić information content (AvgIpc) is 2.98. The van der Waals surface area contributed by atoms with Gasteiger partial charge in [-0.1, -0.05) is 6.07 Å². The van der Waals surface area contributed by atoms with Crippen LogP contribution >= 0.6 is 0 Å². The molecule has 0 saturated carbocycles. The minimum atomic E-state index is 0.312. The Hall–Kier alpha value is -1.39. The Bertz CT molecular complexity index is 564. The van der Waals surface area contributed by atoms with Crippen molar-refractivity contribution in [2.75, 3.05) is 19.7 Å². The first-order chi connectivity index (χ1) is 9.26. The second-order valence-corrected chi connectivity index (χ2v) is 5.56. The number of aliphatic hydroxyl groups is 1. The molecule has 0 aliphatic carbocycles. The van der Waals surface area contributed by atoms with E-state index in [4.69, 9.17) is 10.1 Å². The molecule has 1 aliphatic rings. The van der Waals surface area contributed by atoms with E-state index in [2.05, 4.69) is 40.8 Å². The number of fused-ring (bicyclic) bond motifs is 1. The lowest BCUT2D eigenvalue weighted by molar-refractivity contribution is 0.249. The van der Waals surface area contributed by atoms with Gasteiger partial charge in [0.15, 0.2) is 0 Å². The average molecular weight is 259 g/mol. The Balaban J connectivity index is 1.70. The Labute approximate surface area is 113 Å². The van der Waals surface area contributed by atoms with Crippen molar-refractivity contribution in [3.63, 3.8) is 0 Å². The van der Waals surface area contributed by atoms with Crippen LogP contribution in [0.2, 0.25) is 0 Å². The van der Waals surface area contributed by atoms with Gasteiger partial charge in [0, 0.05) is 32.1 Å². The van der Waals surface area contributed by atoms with Crippen LogP contribution < -0.4 is 0 Å². The molecule has 4 nitrogen and oxygen atoms in total. The summed E-state index contributed by atoms with van der Waals surface area (Å²) >= 11 is 0. The van der Waals surface area contributed by atoms with E-state index in [0.29, 0.717) is 12.5 Å². The molecule has 0 radical (unpaired) electrons. The summed E-state index contributed by atoms with van der Waals surface area (Å²) in [4.78, 5) is 7.16. The van der Waals surface area contributed by atoms with Crippen molar-refractivity contribution < 1.29 is 5.11 Å². The molecule has 2 aromatic heterocycles. The van der Waals surface area contributed by atoms with Crippen LogP contribution in [0.4, 0.5) is 0 Å². The number of hydrogen-bond acceptors (Lipinski definition) is 3. The molecule has 102 valence electrons. The van der Waals surface area contributed by atoms with Crippen molar-refractivity contribution in [1.82, 2.24) is 14.3 Å². The van der Waals surface area contributed by atoms with Gasteiger partial charge in [-0.15, -0.1) is 0 Å². The maximum atomic E-state index is 8.99. The summed E-state index contributed by atoms with van der Waals surface area (Å²) < 4.78 is 2.10. The fraction of sp³-hybridized carbons (Fsp3) is 0.533. The van der Waals surface area contributed by atoms with Gasteiger partial charge < -0.3 is 9.51 Å². The Morgan fingerprint density at radius 1 is 1.47 bits per heavy atom. The predicted molar refractivity (Wildman–Crippen MR) is 75.0 cm³/mol. The van der Waals surface area contributed by atoms with E-state index in [9.17, 15) is 0 Å². The van der Waals surface area contributed by atoms with E-state index in [-0.39, 0.29) is 0 Å². The zero-order chi connectivity index (χ0) is 13.2.